The van der Waals surface area contributed by atoms with Gasteiger partial charge in [0.25, 0.3) is 0 Å². The summed E-state index contributed by atoms with van der Waals surface area (Å²) in [7, 11) is 0. The first-order chi connectivity index (χ1) is 13.5. The van der Waals surface area contributed by atoms with Crippen molar-refractivity contribution in [2.45, 2.75) is 56.6 Å². The van der Waals surface area contributed by atoms with E-state index < -0.39 is 36.6 Å². The van der Waals surface area contributed by atoms with Crippen LogP contribution in [0.4, 0.5) is 0 Å². The second-order valence-electron chi connectivity index (χ2n) is 7.28. The van der Waals surface area contributed by atoms with Crippen LogP contribution in [0.25, 0.3) is 0 Å². The lowest BCUT2D eigenvalue weighted by Gasteiger charge is -2.25. The van der Waals surface area contributed by atoms with Crippen LogP contribution in [0.5, 0.6) is 0 Å². The Balaban J connectivity index is 1.71. The van der Waals surface area contributed by atoms with Gasteiger partial charge in [0.15, 0.2) is 0 Å². The van der Waals surface area contributed by atoms with Crippen molar-refractivity contribution in [2.75, 3.05) is 6.61 Å². The molecule has 0 amide bonds. The molecule has 1 aromatic heterocycles. The number of ether oxygens (including phenoxy) is 2. The van der Waals surface area contributed by atoms with E-state index in [0.29, 0.717) is 6.61 Å². The van der Waals surface area contributed by atoms with E-state index in [1.165, 1.54) is 6.26 Å². The van der Waals surface area contributed by atoms with Crippen LogP contribution in [0, 0.1) is 5.92 Å². The lowest BCUT2D eigenvalue weighted by molar-refractivity contribution is -0.110. The van der Waals surface area contributed by atoms with E-state index in [-0.39, 0.29) is 24.7 Å². The van der Waals surface area contributed by atoms with Gasteiger partial charge in [0.05, 0.1) is 43.9 Å². The quantitative estimate of drug-likeness (QED) is 0.510. The Bertz CT molecular complexity index is 690. The number of benzene rings is 1. The van der Waals surface area contributed by atoms with Gasteiger partial charge in [-0.2, -0.15) is 0 Å². The van der Waals surface area contributed by atoms with E-state index in [9.17, 15) is 20.4 Å². The van der Waals surface area contributed by atoms with Crippen molar-refractivity contribution in [2.24, 2.45) is 5.92 Å². The van der Waals surface area contributed by atoms with E-state index in [4.69, 9.17) is 13.9 Å². The molecule has 7 heteroatoms. The van der Waals surface area contributed by atoms with Crippen molar-refractivity contribution in [3.63, 3.8) is 0 Å². The molecule has 0 spiro atoms. The monoisotopic (exact) mass is 392 g/mol. The van der Waals surface area contributed by atoms with Gasteiger partial charge in [-0.05, 0) is 17.7 Å². The molecule has 1 aliphatic rings. The van der Waals surface area contributed by atoms with Crippen molar-refractivity contribution < 1.29 is 34.3 Å². The van der Waals surface area contributed by atoms with E-state index in [0.717, 1.165) is 5.56 Å². The van der Waals surface area contributed by atoms with E-state index in [1.807, 2.05) is 37.3 Å². The Morgan fingerprint density at radius 3 is 2.46 bits per heavy atom. The number of aliphatic hydroxyl groups is 4. The van der Waals surface area contributed by atoms with Gasteiger partial charge in [-0.15, -0.1) is 0 Å². The molecule has 1 saturated heterocycles. The third-order valence-electron chi connectivity index (χ3n) is 5.23. The predicted molar refractivity (Wildman–Crippen MR) is 100 cm³/mol. The largest absolute Gasteiger partial charge is 0.466 e. The first-order valence-electron chi connectivity index (χ1n) is 9.50. The summed E-state index contributed by atoms with van der Waals surface area (Å²) < 4.78 is 17.2. The van der Waals surface area contributed by atoms with Gasteiger partial charge in [-0.3, -0.25) is 0 Å². The molecule has 1 fully saturated rings. The zero-order valence-corrected chi connectivity index (χ0v) is 15.8. The van der Waals surface area contributed by atoms with Gasteiger partial charge in [0.1, 0.15) is 18.0 Å². The maximum Gasteiger partial charge on any atom is 0.140 e. The SMILES string of the molecule is C[C@H]1[C@H]([C@H](O)[C@@H](O)c2ccco2)O[C@H](CC(O)CO)[C@@H]1OCc1ccccc1. The lowest BCUT2D eigenvalue weighted by atomic mass is 9.91. The Morgan fingerprint density at radius 2 is 1.82 bits per heavy atom. The van der Waals surface area contributed by atoms with Crippen LogP contribution >= 0.6 is 0 Å². The number of rotatable bonds is 9. The van der Waals surface area contributed by atoms with Crippen LogP contribution in [-0.4, -0.2) is 57.6 Å². The third kappa shape index (κ3) is 4.81. The maximum absolute atomic E-state index is 10.7. The molecule has 154 valence electrons. The van der Waals surface area contributed by atoms with Gasteiger partial charge in [-0.25, -0.2) is 0 Å². The third-order valence-corrected chi connectivity index (χ3v) is 5.23. The first-order valence-corrected chi connectivity index (χ1v) is 9.50. The predicted octanol–water partition coefficient (Wildman–Crippen LogP) is 1.41. The Morgan fingerprint density at radius 1 is 1.07 bits per heavy atom. The van der Waals surface area contributed by atoms with Gasteiger partial charge >= 0.3 is 0 Å². The normalized spacial score (nSPS) is 28.2. The minimum atomic E-state index is -1.24. The highest BCUT2D eigenvalue weighted by molar-refractivity contribution is 5.13. The molecule has 2 aromatic rings. The summed E-state index contributed by atoms with van der Waals surface area (Å²) in [6.07, 6.45) is -3.47. The van der Waals surface area contributed by atoms with Crippen molar-refractivity contribution in [1.82, 2.24) is 0 Å². The smallest absolute Gasteiger partial charge is 0.140 e. The molecule has 2 heterocycles. The molecule has 28 heavy (non-hydrogen) atoms. The zero-order valence-electron chi connectivity index (χ0n) is 15.8. The van der Waals surface area contributed by atoms with Gasteiger partial charge in [-0.1, -0.05) is 37.3 Å². The molecule has 7 nitrogen and oxygen atoms in total. The average molecular weight is 392 g/mol. The fourth-order valence-corrected chi connectivity index (χ4v) is 3.69. The molecule has 1 aromatic carbocycles. The number of furan rings is 1. The molecule has 3 rings (SSSR count). The van der Waals surface area contributed by atoms with Crippen molar-refractivity contribution in [3.8, 4) is 0 Å². The summed E-state index contributed by atoms with van der Waals surface area (Å²) in [6, 6.07) is 12.9. The second kappa shape index (κ2) is 9.65. The molecule has 4 N–H and O–H groups in total. The van der Waals surface area contributed by atoms with E-state index in [1.54, 1.807) is 12.1 Å². The zero-order chi connectivity index (χ0) is 20.1. The van der Waals surface area contributed by atoms with Gasteiger partial charge in [0.2, 0.25) is 0 Å². The molecule has 7 atom stereocenters. The number of aliphatic hydroxyl groups excluding tert-OH is 4. The molecular weight excluding hydrogens is 364 g/mol. The summed E-state index contributed by atoms with van der Waals surface area (Å²) in [5, 5.41) is 40.2. The summed E-state index contributed by atoms with van der Waals surface area (Å²) in [5.41, 5.74) is 0.996. The minimum absolute atomic E-state index is 0.167. The summed E-state index contributed by atoms with van der Waals surface area (Å²) in [6.45, 7) is 1.85. The Labute approximate surface area is 164 Å². The van der Waals surface area contributed by atoms with Crippen LogP contribution in [0.15, 0.2) is 53.1 Å². The molecule has 0 saturated carbocycles. The maximum atomic E-state index is 10.7. The minimum Gasteiger partial charge on any atom is -0.466 e. The average Bonchev–Trinajstić information content (AvgIpc) is 3.35. The van der Waals surface area contributed by atoms with Gasteiger partial charge < -0.3 is 34.3 Å². The summed E-state index contributed by atoms with van der Waals surface area (Å²) in [5.74, 6) is 0.00288. The van der Waals surface area contributed by atoms with E-state index in [2.05, 4.69) is 0 Å². The number of hydrogen-bond acceptors (Lipinski definition) is 7. The topological polar surface area (TPSA) is 113 Å². The van der Waals surface area contributed by atoms with Gasteiger partial charge in [0, 0.05) is 12.3 Å². The Kier molecular flexibility index (Phi) is 7.23. The molecule has 0 radical (unpaired) electrons. The second-order valence-corrected chi connectivity index (χ2v) is 7.28. The fraction of sp³-hybridized carbons (Fsp3) is 0.524. The van der Waals surface area contributed by atoms with Crippen LogP contribution < -0.4 is 0 Å². The first kappa shape index (κ1) is 21.0. The molecule has 1 unspecified atom stereocenters. The standard InChI is InChI=1S/C21H28O7/c1-13-20(27-12-14-6-3-2-4-7-14)17(10-15(23)11-22)28-21(13)19(25)18(24)16-8-5-9-26-16/h2-9,13,15,17-25H,10-12H2,1H3/t13-,15?,17-,18+,19-,20-,21-/m1/s1. The molecule has 1 aliphatic heterocycles. The highest BCUT2D eigenvalue weighted by Gasteiger charge is 2.48. The van der Waals surface area contributed by atoms with Crippen molar-refractivity contribution >= 4 is 0 Å². The Hall–Kier alpha value is -1.74. The van der Waals surface area contributed by atoms with Crippen molar-refractivity contribution in [1.29, 1.82) is 0 Å². The summed E-state index contributed by atoms with van der Waals surface area (Å²) >= 11 is 0. The highest BCUT2D eigenvalue weighted by atomic mass is 16.6. The van der Waals surface area contributed by atoms with Crippen LogP contribution in [0.1, 0.15) is 30.8 Å². The number of hydrogen-bond donors (Lipinski definition) is 4. The van der Waals surface area contributed by atoms with Crippen LogP contribution in [0.3, 0.4) is 0 Å². The molecular formula is C21H28O7. The van der Waals surface area contributed by atoms with Crippen molar-refractivity contribution in [3.05, 3.63) is 60.1 Å². The molecule has 0 aliphatic carbocycles. The van der Waals surface area contributed by atoms with E-state index >= 15 is 0 Å². The molecule has 0 bridgehead atoms. The van der Waals surface area contributed by atoms with Crippen LogP contribution in [0.2, 0.25) is 0 Å². The van der Waals surface area contributed by atoms with Crippen LogP contribution in [-0.2, 0) is 16.1 Å². The summed E-state index contributed by atoms with van der Waals surface area (Å²) in [4.78, 5) is 0. The lowest BCUT2D eigenvalue weighted by Crippen LogP contribution is -2.37. The highest BCUT2D eigenvalue weighted by Crippen LogP contribution is 2.37. The fourth-order valence-electron chi connectivity index (χ4n) is 3.69.